The zero-order valence-corrected chi connectivity index (χ0v) is 32.0. The van der Waals surface area contributed by atoms with Crippen molar-refractivity contribution in [3.8, 4) is 29.3 Å². The zero-order valence-electron chi connectivity index (χ0n) is 25.6. The number of thiophene rings is 4. The Bertz CT molecular complexity index is 1210. The third kappa shape index (κ3) is 11.0. The fourth-order valence-corrected chi connectivity index (χ4v) is 11.5. The summed E-state index contributed by atoms with van der Waals surface area (Å²) in [4.78, 5) is 8.55. The Morgan fingerprint density at radius 3 is 1.14 bits per heavy atom. The van der Waals surface area contributed by atoms with Crippen molar-refractivity contribution in [2.24, 2.45) is 0 Å². The topological polar surface area (TPSA) is 0 Å². The normalized spacial score (nSPS) is 11.6. The summed E-state index contributed by atoms with van der Waals surface area (Å²) in [6, 6.07) is 14.1. The van der Waals surface area contributed by atoms with Gasteiger partial charge in [0.2, 0.25) is 0 Å². The Labute approximate surface area is 288 Å². The van der Waals surface area contributed by atoms with Crippen LogP contribution in [0.25, 0.3) is 29.3 Å². The summed E-state index contributed by atoms with van der Waals surface area (Å²) in [5.41, 5.74) is 3.04. The van der Waals surface area contributed by atoms with Crippen LogP contribution in [0.15, 0.2) is 44.0 Å². The molecule has 0 saturated heterocycles. The van der Waals surface area contributed by atoms with Crippen LogP contribution in [0.4, 0.5) is 0 Å². The Morgan fingerprint density at radius 2 is 0.762 bits per heavy atom. The highest BCUT2D eigenvalue weighted by Crippen LogP contribution is 2.46. The maximum atomic E-state index is 3.79. The third-order valence-corrected chi connectivity index (χ3v) is 14.1. The molecule has 0 spiro atoms. The van der Waals surface area contributed by atoms with Gasteiger partial charge in [0, 0.05) is 29.3 Å². The predicted molar refractivity (Wildman–Crippen MR) is 202 cm³/mol. The van der Waals surface area contributed by atoms with Crippen LogP contribution >= 0.6 is 77.2 Å². The fourth-order valence-electron chi connectivity index (χ4n) is 5.66. The Morgan fingerprint density at radius 1 is 0.429 bits per heavy atom. The number of aryl methyl sites for hydroxylation is 2. The first-order chi connectivity index (χ1) is 20.6. The monoisotopic (exact) mass is 766 g/mol. The minimum absolute atomic E-state index is 1.19. The molecule has 0 fully saturated rings. The molecule has 0 saturated carbocycles. The van der Waals surface area contributed by atoms with Crippen LogP contribution in [-0.4, -0.2) is 0 Å². The molecule has 0 aliphatic carbocycles. The van der Waals surface area contributed by atoms with Crippen molar-refractivity contribution in [3.63, 3.8) is 0 Å². The number of halogens is 2. The van der Waals surface area contributed by atoms with Crippen LogP contribution < -0.4 is 0 Å². The van der Waals surface area contributed by atoms with Crippen molar-refractivity contribution in [2.45, 2.75) is 129 Å². The Balaban J connectivity index is 1.32. The molecule has 4 heterocycles. The van der Waals surface area contributed by atoms with E-state index in [1.165, 1.54) is 164 Å². The van der Waals surface area contributed by atoms with Crippen molar-refractivity contribution in [2.75, 3.05) is 0 Å². The lowest BCUT2D eigenvalue weighted by Crippen LogP contribution is -1.86. The maximum absolute atomic E-state index is 3.79. The number of rotatable bonds is 21. The largest absolute Gasteiger partial charge is 0.134 e. The van der Waals surface area contributed by atoms with E-state index in [2.05, 4.69) is 82.1 Å². The van der Waals surface area contributed by atoms with Crippen molar-refractivity contribution < 1.29 is 0 Å². The van der Waals surface area contributed by atoms with Gasteiger partial charge in [0.05, 0.1) is 7.57 Å². The van der Waals surface area contributed by atoms with E-state index in [0.29, 0.717) is 0 Å². The van der Waals surface area contributed by atoms with Gasteiger partial charge < -0.3 is 0 Å². The van der Waals surface area contributed by atoms with Gasteiger partial charge in [-0.2, -0.15) is 0 Å². The van der Waals surface area contributed by atoms with Crippen LogP contribution in [0.3, 0.4) is 0 Å². The number of unbranched alkanes of at least 4 members (excludes halogenated alkanes) is 14. The molecule has 0 nitrogen and oxygen atoms in total. The molecular formula is C36H48Br2S4. The second kappa shape index (κ2) is 19.3. The van der Waals surface area contributed by atoms with Crippen molar-refractivity contribution in [1.29, 1.82) is 0 Å². The van der Waals surface area contributed by atoms with Gasteiger partial charge in [0.15, 0.2) is 0 Å². The van der Waals surface area contributed by atoms with Gasteiger partial charge in [0.1, 0.15) is 0 Å². The summed E-state index contributed by atoms with van der Waals surface area (Å²) < 4.78 is 2.51. The van der Waals surface area contributed by atoms with Crippen molar-refractivity contribution >= 4 is 77.2 Å². The Kier molecular flexibility index (Phi) is 15.9. The van der Waals surface area contributed by atoms with Crippen LogP contribution in [0.1, 0.15) is 128 Å². The maximum Gasteiger partial charge on any atom is 0.0708 e. The first-order valence-corrected chi connectivity index (χ1v) is 21.2. The highest BCUT2D eigenvalue weighted by molar-refractivity contribution is 9.11. The third-order valence-electron chi connectivity index (χ3n) is 8.06. The lowest BCUT2D eigenvalue weighted by atomic mass is 10.0. The van der Waals surface area contributed by atoms with E-state index in [1.54, 1.807) is 0 Å². The summed E-state index contributed by atoms with van der Waals surface area (Å²) >= 11 is 15.3. The highest BCUT2D eigenvalue weighted by atomic mass is 79.9. The summed E-state index contributed by atoms with van der Waals surface area (Å²) in [5.74, 6) is 0. The smallest absolute Gasteiger partial charge is 0.0708 e. The first kappa shape index (κ1) is 34.6. The predicted octanol–water partition coefficient (Wildman–Crippen LogP) is 15.8. The molecule has 0 aliphatic heterocycles. The summed E-state index contributed by atoms with van der Waals surface area (Å²) in [7, 11) is 0. The van der Waals surface area contributed by atoms with Gasteiger partial charge in [-0.25, -0.2) is 0 Å². The molecule has 6 heteroatoms. The minimum Gasteiger partial charge on any atom is -0.134 e. The molecule has 4 rings (SSSR count). The molecule has 0 aromatic carbocycles. The van der Waals surface area contributed by atoms with Crippen molar-refractivity contribution in [3.05, 3.63) is 55.1 Å². The van der Waals surface area contributed by atoms with E-state index < -0.39 is 0 Å². The molecule has 4 aromatic heterocycles. The van der Waals surface area contributed by atoms with E-state index in [0.717, 1.165) is 0 Å². The number of hydrogen-bond donors (Lipinski definition) is 0. The molecule has 0 aliphatic rings. The average Bonchev–Trinajstić information content (AvgIpc) is 3.78. The summed E-state index contributed by atoms with van der Waals surface area (Å²) in [5, 5.41) is 0. The number of hydrogen-bond acceptors (Lipinski definition) is 4. The van der Waals surface area contributed by atoms with Crippen LogP contribution in [0, 0.1) is 0 Å². The first-order valence-electron chi connectivity index (χ1n) is 16.4. The standard InChI is InChI=1S/C36H48Br2S4/c1-3-5-7-9-11-13-15-17-19-27-25-33(37)41-35(27)31-23-21-29(39-31)30-22-24-32(40-30)36-28(26-34(38)42-36)20-18-16-14-12-10-8-6-4-2/h21-26H,3-20H2,1-2H3. The second-order valence-corrected chi connectivity index (χ2v) is 18.6. The molecule has 0 unspecified atom stereocenters. The van der Waals surface area contributed by atoms with E-state index in [-0.39, 0.29) is 0 Å². The van der Waals surface area contributed by atoms with Gasteiger partial charge in [-0.1, -0.05) is 104 Å². The second-order valence-electron chi connectivity index (χ2n) is 11.6. The highest BCUT2D eigenvalue weighted by Gasteiger charge is 2.16. The lowest BCUT2D eigenvalue weighted by Gasteiger charge is -2.03. The minimum atomic E-state index is 1.19. The van der Waals surface area contributed by atoms with Gasteiger partial charge in [-0.15, -0.1) is 45.3 Å². The molecule has 0 atom stereocenters. The van der Waals surface area contributed by atoms with Gasteiger partial charge in [-0.3, -0.25) is 0 Å². The SMILES string of the molecule is CCCCCCCCCCc1cc(Br)sc1-c1ccc(-c2ccc(-c3sc(Br)cc3CCCCCCCCCC)s2)s1. The van der Waals surface area contributed by atoms with E-state index in [9.17, 15) is 0 Å². The van der Waals surface area contributed by atoms with E-state index >= 15 is 0 Å². The van der Waals surface area contributed by atoms with Crippen LogP contribution in [-0.2, 0) is 12.8 Å². The van der Waals surface area contributed by atoms with Gasteiger partial charge >= 0.3 is 0 Å². The molecule has 4 aromatic rings. The molecular weight excluding hydrogens is 720 g/mol. The van der Waals surface area contributed by atoms with E-state index in [4.69, 9.17) is 0 Å². The molecule has 0 N–H and O–H groups in total. The molecule has 0 amide bonds. The van der Waals surface area contributed by atoms with Crippen molar-refractivity contribution in [1.82, 2.24) is 0 Å². The molecule has 0 radical (unpaired) electrons. The van der Waals surface area contributed by atoms with E-state index in [1.807, 2.05) is 45.3 Å². The zero-order chi connectivity index (χ0) is 29.6. The quantitative estimate of drug-likeness (QED) is 0.0741. The lowest BCUT2D eigenvalue weighted by molar-refractivity contribution is 0.576. The van der Waals surface area contributed by atoms with Crippen LogP contribution in [0.5, 0.6) is 0 Å². The van der Waals surface area contributed by atoms with Gasteiger partial charge in [-0.05, 0) is 105 Å². The molecule has 42 heavy (non-hydrogen) atoms. The summed E-state index contributed by atoms with van der Waals surface area (Å²) in [6.07, 6.45) is 24.4. The Hall–Kier alpha value is -0.240. The molecule has 0 bridgehead atoms. The van der Waals surface area contributed by atoms with Crippen LogP contribution in [0.2, 0.25) is 0 Å². The summed E-state index contributed by atoms with van der Waals surface area (Å²) in [6.45, 7) is 4.59. The average molecular weight is 769 g/mol. The molecule has 230 valence electrons. The fraction of sp³-hybridized carbons (Fsp3) is 0.556. The van der Waals surface area contributed by atoms with Gasteiger partial charge in [0.25, 0.3) is 0 Å².